The van der Waals surface area contributed by atoms with E-state index in [1.54, 1.807) is 24.3 Å². The Morgan fingerprint density at radius 2 is 1.58 bits per heavy atom. The summed E-state index contributed by atoms with van der Waals surface area (Å²) in [5.74, 6) is -1.79. The number of hydrogen-bond acceptors (Lipinski definition) is 12. The Morgan fingerprint density at radius 1 is 0.836 bits per heavy atom. The third-order valence-electron chi connectivity index (χ3n) is 11.5. The van der Waals surface area contributed by atoms with Crippen LogP contribution in [0.2, 0.25) is 0 Å². The molecule has 5 amide bonds. The van der Waals surface area contributed by atoms with Gasteiger partial charge in [-0.05, 0) is 80.8 Å². The molecule has 2 aromatic carbocycles. The van der Waals surface area contributed by atoms with E-state index in [1.165, 1.54) is 12.3 Å². The van der Waals surface area contributed by atoms with E-state index in [9.17, 15) is 24.0 Å². The first-order valence-electron chi connectivity index (χ1n) is 19.2. The number of rotatable bonds is 9. The van der Waals surface area contributed by atoms with Crippen molar-refractivity contribution < 1.29 is 28.4 Å². The molecule has 6 heterocycles. The second-order valence-corrected chi connectivity index (χ2v) is 15.0. The molecule has 1 atom stereocenters. The van der Waals surface area contributed by atoms with Crippen LogP contribution in [-0.2, 0) is 9.59 Å². The van der Waals surface area contributed by atoms with Gasteiger partial charge in [-0.15, -0.1) is 0 Å². The molecule has 1 unspecified atom stereocenters. The van der Waals surface area contributed by atoms with Crippen LogP contribution in [0.4, 0.5) is 33.2 Å². The lowest BCUT2D eigenvalue weighted by atomic mass is 9.95. The number of fused-ring (bicyclic) bond motifs is 1. The number of anilines is 5. The van der Waals surface area contributed by atoms with Gasteiger partial charge in [-0.2, -0.15) is 4.98 Å². The number of primary amides is 1. The smallest absolute Gasteiger partial charge is 0.262 e. The fourth-order valence-corrected chi connectivity index (χ4v) is 8.44. The van der Waals surface area contributed by atoms with E-state index in [4.69, 9.17) is 5.73 Å². The van der Waals surface area contributed by atoms with E-state index < -0.39 is 35.6 Å². The van der Waals surface area contributed by atoms with Gasteiger partial charge in [0.25, 0.3) is 17.7 Å². The normalized spacial score (nSPS) is 21.2. The summed E-state index contributed by atoms with van der Waals surface area (Å²) in [4.78, 5) is 81.4. The summed E-state index contributed by atoms with van der Waals surface area (Å²) in [6.45, 7) is 7.33. The Kier molecular flexibility index (Phi) is 10.1. The SMILES string of the molecule is NC(=O)c1cnc(N2CCCCC2)nc1Nc1ccc(N2CCC(CN3CCN(c4ccc5c(c4)C(=O)N(C4CCC(=O)NC4=O)C5=O)CC3)CC2)c(F)c1. The highest BCUT2D eigenvalue weighted by molar-refractivity contribution is 6.23. The van der Waals surface area contributed by atoms with Crippen LogP contribution in [0.3, 0.4) is 0 Å². The summed E-state index contributed by atoms with van der Waals surface area (Å²) < 4.78 is 15.6. The van der Waals surface area contributed by atoms with Crippen LogP contribution >= 0.6 is 0 Å². The van der Waals surface area contributed by atoms with Gasteiger partial charge in [0.2, 0.25) is 17.8 Å². The topological polar surface area (TPSA) is 177 Å². The second-order valence-electron chi connectivity index (χ2n) is 15.0. The van der Waals surface area contributed by atoms with Crippen molar-refractivity contribution in [3.05, 3.63) is 65.1 Å². The standard InChI is InChI=1S/C39H45FN10O5/c40-30-20-25(43-35-29(34(41)52)22-42-39(45-35)49-12-2-1-3-13-49)4-7-31(30)48-14-10-24(11-15-48)23-46-16-18-47(19-17-46)26-5-6-27-28(21-26)38(55)50(37(27)54)32-8-9-33(51)44-36(32)53/h4-7,20-22,24,32H,1-3,8-19,23H2,(H2,41,52)(H,42,43,45)(H,44,51,53). The number of piperazine rings is 1. The van der Waals surface area contributed by atoms with Crippen LogP contribution in [0.5, 0.6) is 0 Å². The minimum absolute atomic E-state index is 0.0806. The van der Waals surface area contributed by atoms with Crippen molar-refractivity contribution in [3.8, 4) is 0 Å². The molecule has 1 aromatic heterocycles. The van der Waals surface area contributed by atoms with Crippen LogP contribution in [0.25, 0.3) is 0 Å². The number of nitrogens with zero attached hydrogens (tertiary/aromatic N) is 7. The lowest BCUT2D eigenvalue weighted by molar-refractivity contribution is -0.136. The average molecular weight is 753 g/mol. The van der Waals surface area contributed by atoms with Crippen LogP contribution in [-0.4, -0.2) is 114 Å². The number of carbonyl (C=O) groups is 5. The highest BCUT2D eigenvalue weighted by atomic mass is 19.1. The van der Waals surface area contributed by atoms with Gasteiger partial charge in [-0.25, -0.2) is 9.37 Å². The number of amides is 5. The van der Waals surface area contributed by atoms with Crippen LogP contribution < -0.4 is 31.1 Å². The molecule has 4 fully saturated rings. The monoisotopic (exact) mass is 752 g/mol. The number of nitrogens with two attached hydrogens (primary N) is 1. The fourth-order valence-electron chi connectivity index (χ4n) is 8.44. The first-order valence-corrected chi connectivity index (χ1v) is 19.2. The minimum atomic E-state index is -0.987. The number of nitrogens with one attached hydrogen (secondary N) is 2. The van der Waals surface area contributed by atoms with Crippen LogP contribution in [0.1, 0.15) is 76.0 Å². The molecule has 0 radical (unpaired) electrons. The Bertz CT molecular complexity index is 2020. The van der Waals surface area contributed by atoms with E-state index in [-0.39, 0.29) is 41.2 Å². The Balaban J connectivity index is 0.828. The van der Waals surface area contributed by atoms with Gasteiger partial charge in [0.05, 0.1) is 16.8 Å². The van der Waals surface area contributed by atoms with Crippen molar-refractivity contribution in [2.75, 3.05) is 78.9 Å². The number of benzene rings is 2. The van der Waals surface area contributed by atoms with E-state index in [0.717, 1.165) is 102 Å². The largest absolute Gasteiger partial charge is 0.369 e. The van der Waals surface area contributed by atoms with Gasteiger partial charge in [0, 0.05) is 82.9 Å². The maximum absolute atomic E-state index is 15.6. The molecule has 5 aliphatic heterocycles. The predicted molar refractivity (Wildman–Crippen MR) is 203 cm³/mol. The molecule has 8 rings (SSSR count). The molecule has 0 saturated carbocycles. The van der Waals surface area contributed by atoms with Gasteiger partial charge in [-0.1, -0.05) is 0 Å². The zero-order valence-corrected chi connectivity index (χ0v) is 30.6. The molecule has 15 nitrogen and oxygen atoms in total. The van der Waals surface area contributed by atoms with Crippen LogP contribution in [0.15, 0.2) is 42.6 Å². The Morgan fingerprint density at radius 3 is 2.29 bits per heavy atom. The Labute approximate surface area is 318 Å². The summed E-state index contributed by atoms with van der Waals surface area (Å²) in [5.41, 5.74) is 8.18. The highest BCUT2D eigenvalue weighted by Crippen LogP contribution is 2.33. The zero-order valence-electron chi connectivity index (χ0n) is 30.6. The molecule has 0 bridgehead atoms. The average Bonchev–Trinajstić information content (AvgIpc) is 3.43. The third kappa shape index (κ3) is 7.42. The Hall–Kier alpha value is -5.64. The van der Waals surface area contributed by atoms with E-state index in [0.29, 0.717) is 23.2 Å². The molecule has 0 aliphatic carbocycles. The summed E-state index contributed by atoms with van der Waals surface area (Å²) in [6.07, 6.45) is 6.77. The second kappa shape index (κ2) is 15.2. The van der Waals surface area contributed by atoms with Crippen molar-refractivity contribution in [2.45, 2.75) is 51.0 Å². The zero-order chi connectivity index (χ0) is 38.2. The quantitative estimate of drug-likeness (QED) is 0.273. The molecule has 288 valence electrons. The van der Waals surface area contributed by atoms with Crippen molar-refractivity contribution in [1.29, 1.82) is 0 Å². The number of imide groups is 2. The van der Waals surface area contributed by atoms with Crippen molar-refractivity contribution >= 4 is 58.4 Å². The van der Waals surface area contributed by atoms with E-state index in [2.05, 4.69) is 40.2 Å². The molecular weight excluding hydrogens is 707 g/mol. The fraction of sp³-hybridized carbons (Fsp3) is 0.462. The third-order valence-corrected chi connectivity index (χ3v) is 11.5. The molecule has 0 spiro atoms. The number of aromatic nitrogens is 2. The molecule has 4 saturated heterocycles. The summed E-state index contributed by atoms with van der Waals surface area (Å²) in [7, 11) is 0. The minimum Gasteiger partial charge on any atom is -0.369 e. The molecule has 4 N–H and O–H groups in total. The van der Waals surface area contributed by atoms with Crippen LogP contribution in [0, 0.1) is 11.7 Å². The number of hydrogen-bond donors (Lipinski definition) is 3. The highest BCUT2D eigenvalue weighted by Gasteiger charge is 2.45. The van der Waals surface area contributed by atoms with E-state index >= 15 is 4.39 Å². The van der Waals surface area contributed by atoms with Gasteiger partial charge < -0.3 is 25.8 Å². The first kappa shape index (κ1) is 36.3. The van der Waals surface area contributed by atoms with Gasteiger partial charge in [0.1, 0.15) is 23.2 Å². The molecule has 5 aliphatic rings. The first-order chi connectivity index (χ1) is 26.6. The van der Waals surface area contributed by atoms with Crippen molar-refractivity contribution in [2.24, 2.45) is 11.7 Å². The predicted octanol–water partition coefficient (Wildman–Crippen LogP) is 2.89. The number of halogens is 1. The maximum atomic E-state index is 15.6. The van der Waals surface area contributed by atoms with Gasteiger partial charge in [0.15, 0.2) is 0 Å². The molecule has 55 heavy (non-hydrogen) atoms. The van der Waals surface area contributed by atoms with Gasteiger partial charge in [-0.3, -0.25) is 39.1 Å². The lowest BCUT2D eigenvalue weighted by Crippen LogP contribution is -2.54. The molecule has 3 aromatic rings. The number of piperidine rings is 3. The molecular formula is C39H45FN10O5. The number of carbonyl (C=O) groups excluding carboxylic acids is 5. The lowest BCUT2D eigenvalue weighted by Gasteiger charge is -2.40. The van der Waals surface area contributed by atoms with Crippen molar-refractivity contribution in [1.82, 2.24) is 25.1 Å². The summed E-state index contributed by atoms with van der Waals surface area (Å²) in [6, 6.07) is 9.26. The van der Waals surface area contributed by atoms with E-state index in [1.807, 2.05) is 6.07 Å². The molecule has 16 heteroatoms. The van der Waals surface area contributed by atoms with Crippen molar-refractivity contribution in [3.63, 3.8) is 0 Å². The van der Waals surface area contributed by atoms with Gasteiger partial charge >= 0.3 is 0 Å². The summed E-state index contributed by atoms with van der Waals surface area (Å²) in [5, 5.41) is 5.33. The summed E-state index contributed by atoms with van der Waals surface area (Å²) >= 11 is 0. The maximum Gasteiger partial charge on any atom is 0.262 e.